The van der Waals surface area contributed by atoms with Crippen LogP contribution in [0, 0.1) is 5.92 Å². The standard InChI is InChI=1S/C86H64N2/c1-85(2)79-49-55(31-43-71(79)73-47-41-67(53-81(73)85)87(63-21-7-5-8-22-63)65-39-35-57-17-11-13-19-61(57)51-65)29-33-59-37-45-77-76-28-16-26-70-60(38-46-78(84(70)76)75-27-15-25-69(59)83(75)77)34-30-56-32-44-72-74-48-42-68(54-82(74)86(3,4)80(72)50-56)88(64-23-9-6-10-24-64)66-40-36-58-18-12-14-20-62(58)52-66/h5-31,33-54,56H,32H2,1-4H3/b33-29+,34-30+. The Morgan fingerprint density at radius 3 is 1.38 bits per heavy atom. The van der Waals surface area contributed by atoms with Gasteiger partial charge in [-0.3, -0.25) is 0 Å². The summed E-state index contributed by atoms with van der Waals surface area (Å²) in [4.78, 5) is 4.81. The van der Waals surface area contributed by atoms with E-state index in [0.29, 0.717) is 0 Å². The zero-order chi connectivity index (χ0) is 58.8. The van der Waals surface area contributed by atoms with Crippen molar-refractivity contribution in [3.05, 3.63) is 324 Å². The lowest BCUT2D eigenvalue weighted by Crippen LogP contribution is -2.18. The number of hydrogen-bond acceptors (Lipinski definition) is 2. The molecule has 0 saturated heterocycles. The molecule has 0 heterocycles. The Morgan fingerprint density at radius 2 is 0.795 bits per heavy atom. The highest BCUT2D eigenvalue weighted by Crippen LogP contribution is 2.55. The fourth-order valence-electron chi connectivity index (χ4n) is 15.4. The molecule has 0 spiro atoms. The lowest BCUT2D eigenvalue weighted by Gasteiger charge is -2.28. The van der Waals surface area contributed by atoms with Gasteiger partial charge in [-0.05, 0) is 211 Å². The van der Waals surface area contributed by atoms with Crippen LogP contribution in [0.5, 0.6) is 0 Å². The van der Waals surface area contributed by atoms with Crippen LogP contribution in [0.2, 0.25) is 0 Å². The summed E-state index contributed by atoms with van der Waals surface area (Å²) >= 11 is 0. The third-order valence-corrected chi connectivity index (χ3v) is 19.8. The molecule has 3 aliphatic carbocycles. The second-order valence-electron chi connectivity index (χ2n) is 25.6. The summed E-state index contributed by atoms with van der Waals surface area (Å²) in [7, 11) is 0. The van der Waals surface area contributed by atoms with Crippen LogP contribution in [-0.4, -0.2) is 0 Å². The van der Waals surface area contributed by atoms with Crippen LogP contribution >= 0.6 is 0 Å². The van der Waals surface area contributed by atoms with Crippen molar-refractivity contribution in [1.82, 2.24) is 0 Å². The van der Waals surface area contributed by atoms with Gasteiger partial charge in [0.05, 0.1) is 0 Å². The molecule has 0 bridgehead atoms. The van der Waals surface area contributed by atoms with E-state index in [1.807, 2.05) is 0 Å². The molecule has 0 N–H and O–H groups in total. The van der Waals surface area contributed by atoms with Gasteiger partial charge < -0.3 is 9.80 Å². The molecule has 0 saturated carbocycles. The van der Waals surface area contributed by atoms with Gasteiger partial charge in [0.2, 0.25) is 0 Å². The van der Waals surface area contributed by atoms with E-state index < -0.39 is 0 Å². The van der Waals surface area contributed by atoms with Gasteiger partial charge in [0, 0.05) is 45.0 Å². The zero-order valence-corrected chi connectivity index (χ0v) is 50.0. The lowest BCUT2D eigenvalue weighted by atomic mass is 9.78. The molecule has 0 aromatic heterocycles. The van der Waals surface area contributed by atoms with E-state index in [4.69, 9.17) is 0 Å². The highest BCUT2D eigenvalue weighted by atomic mass is 15.1. The van der Waals surface area contributed by atoms with Crippen molar-refractivity contribution >= 4 is 123 Å². The largest absolute Gasteiger partial charge is 0.310 e. The molecule has 1 atom stereocenters. The summed E-state index contributed by atoms with van der Waals surface area (Å²) in [5.74, 6) is 0.281. The Labute approximate surface area is 514 Å². The number of benzene rings is 14. The van der Waals surface area contributed by atoms with Crippen molar-refractivity contribution < 1.29 is 0 Å². The van der Waals surface area contributed by atoms with E-state index in [2.05, 4.69) is 335 Å². The highest BCUT2D eigenvalue weighted by molar-refractivity contribution is 6.34. The highest BCUT2D eigenvalue weighted by Gasteiger charge is 2.40. The second-order valence-corrected chi connectivity index (χ2v) is 25.6. The van der Waals surface area contributed by atoms with Gasteiger partial charge in [-0.2, -0.15) is 0 Å². The minimum absolute atomic E-state index is 0.162. The average Bonchev–Trinajstić information content (AvgIpc) is 1.11. The number of fused-ring (bicyclic) bond motifs is 10. The monoisotopic (exact) mass is 1120 g/mol. The molecule has 1 unspecified atom stereocenters. The van der Waals surface area contributed by atoms with E-state index in [9.17, 15) is 0 Å². The predicted octanol–water partition coefficient (Wildman–Crippen LogP) is 23.8. The summed E-state index contributed by atoms with van der Waals surface area (Å²) in [6.45, 7) is 9.61. The van der Waals surface area contributed by atoms with Crippen LogP contribution in [0.4, 0.5) is 34.1 Å². The van der Waals surface area contributed by atoms with Gasteiger partial charge in [0.25, 0.3) is 0 Å². The number of allylic oxidation sites excluding steroid dienone is 5. The topological polar surface area (TPSA) is 6.48 Å². The Morgan fingerprint density at radius 1 is 0.341 bits per heavy atom. The van der Waals surface area contributed by atoms with Crippen molar-refractivity contribution in [1.29, 1.82) is 0 Å². The van der Waals surface area contributed by atoms with Crippen molar-refractivity contribution in [3.8, 4) is 11.1 Å². The van der Waals surface area contributed by atoms with Crippen molar-refractivity contribution in [2.24, 2.45) is 5.92 Å². The fourth-order valence-corrected chi connectivity index (χ4v) is 15.4. The maximum absolute atomic E-state index is 2.56. The van der Waals surface area contributed by atoms with Gasteiger partial charge in [-0.25, -0.2) is 0 Å². The molecule has 418 valence electrons. The summed E-state index contributed by atoms with van der Waals surface area (Å²) in [5, 5.41) is 15.4. The molecular weight excluding hydrogens is 1060 g/mol. The van der Waals surface area contributed by atoms with Crippen molar-refractivity contribution in [2.45, 2.75) is 44.9 Å². The van der Waals surface area contributed by atoms with Crippen LogP contribution in [0.3, 0.4) is 0 Å². The van der Waals surface area contributed by atoms with E-state index in [-0.39, 0.29) is 16.7 Å². The summed E-state index contributed by atoms with van der Waals surface area (Å²) in [5.41, 5.74) is 21.1. The van der Waals surface area contributed by atoms with Gasteiger partial charge in [0.1, 0.15) is 0 Å². The van der Waals surface area contributed by atoms with E-state index in [1.165, 1.54) is 132 Å². The zero-order valence-electron chi connectivity index (χ0n) is 50.0. The van der Waals surface area contributed by atoms with E-state index in [0.717, 1.165) is 34.9 Å². The molecule has 3 aliphatic rings. The quantitative estimate of drug-likeness (QED) is 0.0765. The van der Waals surface area contributed by atoms with Gasteiger partial charge in [-0.15, -0.1) is 0 Å². The molecular formula is C86H64N2. The SMILES string of the molecule is CC1(C)C2=CC(/C=C/c3ccc4c5cccc6c(/C=C/c7ccc8c(c7)C(C)(C)c7cc(N(c9ccccc9)c9ccc%10ccccc%10c9)ccc7-8)ccc(c7cccc3c74)c65)CC=C2c2ccc(N(c3ccccc3)c3ccc4ccccc4c3)cc21. The van der Waals surface area contributed by atoms with Crippen LogP contribution in [0.25, 0.3) is 99.6 Å². The number of para-hydroxylation sites is 2. The van der Waals surface area contributed by atoms with Gasteiger partial charge in [-0.1, -0.05) is 252 Å². The molecule has 0 amide bonds. The molecule has 0 radical (unpaired) electrons. The van der Waals surface area contributed by atoms with Gasteiger partial charge in [0.15, 0.2) is 0 Å². The normalized spacial score (nSPS) is 15.6. The first kappa shape index (κ1) is 51.8. The molecule has 2 heteroatoms. The van der Waals surface area contributed by atoms with Crippen molar-refractivity contribution in [2.75, 3.05) is 9.80 Å². The Balaban J connectivity index is 0.657. The third-order valence-electron chi connectivity index (χ3n) is 19.8. The molecule has 17 rings (SSSR count). The first-order valence-electron chi connectivity index (χ1n) is 31.2. The number of rotatable bonds is 10. The summed E-state index contributed by atoms with van der Waals surface area (Å²) < 4.78 is 0. The van der Waals surface area contributed by atoms with E-state index in [1.54, 1.807) is 0 Å². The maximum atomic E-state index is 2.56. The van der Waals surface area contributed by atoms with Crippen LogP contribution in [-0.2, 0) is 10.8 Å². The number of nitrogens with zero attached hydrogens (tertiary/aromatic N) is 2. The molecule has 14 aromatic rings. The fraction of sp³-hybridized carbons (Fsp3) is 0.0930. The smallest absolute Gasteiger partial charge is 0.0468 e. The minimum atomic E-state index is -0.200. The van der Waals surface area contributed by atoms with Crippen LogP contribution in [0.1, 0.15) is 73.1 Å². The molecule has 2 nitrogen and oxygen atoms in total. The summed E-state index contributed by atoms with van der Waals surface area (Å²) in [6, 6.07) is 96.9. The van der Waals surface area contributed by atoms with Crippen molar-refractivity contribution in [3.63, 3.8) is 0 Å². The average molecular weight is 1130 g/mol. The number of anilines is 6. The lowest BCUT2D eigenvalue weighted by molar-refractivity contribution is 0.645. The van der Waals surface area contributed by atoms with E-state index >= 15 is 0 Å². The third kappa shape index (κ3) is 8.23. The molecule has 0 fully saturated rings. The second kappa shape index (κ2) is 20.0. The Bertz CT molecular complexity index is 5280. The van der Waals surface area contributed by atoms with Gasteiger partial charge >= 0.3 is 0 Å². The number of hydrogen-bond donors (Lipinski definition) is 0. The Kier molecular flexibility index (Phi) is 11.8. The van der Waals surface area contributed by atoms with Crippen LogP contribution in [0.15, 0.2) is 285 Å². The minimum Gasteiger partial charge on any atom is -0.310 e. The first-order chi connectivity index (χ1) is 43.1. The molecule has 88 heavy (non-hydrogen) atoms. The predicted molar refractivity (Wildman–Crippen MR) is 378 cm³/mol. The van der Waals surface area contributed by atoms with Crippen LogP contribution < -0.4 is 9.80 Å². The molecule has 14 aromatic carbocycles. The summed E-state index contributed by atoms with van der Waals surface area (Å²) in [6.07, 6.45) is 15.5. The molecule has 0 aliphatic heterocycles. The first-order valence-corrected chi connectivity index (χ1v) is 31.2. The maximum Gasteiger partial charge on any atom is 0.0468 e. The Hall–Kier alpha value is -10.5.